The van der Waals surface area contributed by atoms with Crippen molar-refractivity contribution in [2.24, 2.45) is 0 Å². The van der Waals surface area contributed by atoms with Crippen molar-refractivity contribution in [3.8, 4) is 0 Å². The summed E-state index contributed by atoms with van der Waals surface area (Å²) in [6, 6.07) is 3.31. The van der Waals surface area contributed by atoms with Crippen LogP contribution in [0.5, 0.6) is 0 Å². The van der Waals surface area contributed by atoms with Crippen molar-refractivity contribution < 1.29 is 9.90 Å². The van der Waals surface area contributed by atoms with E-state index in [9.17, 15) is 4.79 Å². The molecule has 0 saturated carbocycles. The maximum Gasteiger partial charge on any atom is 0.303 e. The van der Waals surface area contributed by atoms with Crippen LogP contribution in [0.15, 0.2) is 0 Å². The molecule has 0 saturated heterocycles. The number of carbonyl (C=O) groups is 1. The zero-order valence-electron chi connectivity index (χ0n) is 9.26. The van der Waals surface area contributed by atoms with Gasteiger partial charge in [-0.25, -0.2) is 0 Å². The third kappa shape index (κ3) is 2.56. The average Bonchev–Trinajstić information content (AvgIpc) is 2.13. The molecular weight excluding hydrogens is 180 g/mol. The van der Waals surface area contributed by atoms with Crippen molar-refractivity contribution >= 4 is 14.0 Å². The molecule has 0 radical (unpaired) electrons. The Labute approximate surface area is 82.4 Å². The highest BCUT2D eigenvalue weighted by atomic mass is 28.3. The molecule has 0 amide bonds. The summed E-state index contributed by atoms with van der Waals surface area (Å²) in [5.41, 5.74) is -0.0347. The molecule has 0 aromatic heterocycles. The summed E-state index contributed by atoms with van der Waals surface area (Å²) in [7, 11) is -1.51. The van der Waals surface area contributed by atoms with E-state index in [2.05, 4.69) is 20.8 Å². The summed E-state index contributed by atoms with van der Waals surface area (Å²) in [6.45, 7) is 8.47. The Morgan fingerprint density at radius 1 is 1.15 bits per heavy atom. The molecule has 0 aliphatic rings. The van der Waals surface area contributed by atoms with E-state index in [1.807, 2.05) is 6.92 Å². The van der Waals surface area contributed by atoms with Crippen molar-refractivity contribution in [1.82, 2.24) is 0 Å². The molecule has 0 aromatic rings. The van der Waals surface area contributed by atoms with Gasteiger partial charge in [0.25, 0.3) is 0 Å². The monoisotopic (exact) mass is 202 g/mol. The number of rotatable bonds is 6. The molecule has 78 valence electrons. The summed E-state index contributed by atoms with van der Waals surface area (Å²) in [5, 5.41) is 9.14. The van der Waals surface area contributed by atoms with Crippen LogP contribution in [0, 0.1) is 0 Å². The van der Waals surface area contributed by atoms with E-state index in [4.69, 9.17) is 5.11 Å². The first kappa shape index (κ1) is 12.7. The molecule has 0 aliphatic heterocycles. The van der Waals surface area contributed by atoms with E-state index in [1.54, 1.807) is 0 Å². The second-order valence-corrected chi connectivity index (χ2v) is 9.27. The van der Waals surface area contributed by atoms with Gasteiger partial charge >= 0.3 is 5.97 Å². The molecule has 13 heavy (non-hydrogen) atoms. The van der Waals surface area contributed by atoms with Crippen molar-refractivity contribution in [2.75, 3.05) is 0 Å². The van der Waals surface area contributed by atoms with Crippen LogP contribution in [-0.4, -0.2) is 19.1 Å². The lowest BCUT2D eigenvalue weighted by Crippen LogP contribution is -2.41. The number of hydrogen-bond acceptors (Lipinski definition) is 1. The van der Waals surface area contributed by atoms with E-state index in [-0.39, 0.29) is 5.54 Å². The summed E-state index contributed by atoms with van der Waals surface area (Å²) >= 11 is 0. The zero-order valence-corrected chi connectivity index (χ0v) is 10.3. The highest BCUT2D eigenvalue weighted by Gasteiger charge is 2.39. The number of hydrogen-bond donors (Lipinski definition) is 1. The van der Waals surface area contributed by atoms with Crippen LogP contribution >= 0.6 is 0 Å². The van der Waals surface area contributed by atoms with Gasteiger partial charge in [-0.3, -0.25) is 4.79 Å². The summed E-state index contributed by atoms with van der Waals surface area (Å²) in [4.78, 5) is 11.1. The molecule has 1 atom stereocenters. The quantitative estimate of drug-likeness (QED) is 0.671. The average molecular weight is 202 g/mol. The normalized spacial score (nSPS) is 14.2. The number of carboxylic acids is 1. The van der Waals surface area contributed by atoms with Gasteiger partial charge in [0.05, 0.1) is 13.6 Å². The van der Waals surface area contributed by atoms with Gasteiger partial charge in [-0.2, -0.15) is 0 Å². The van der Waals surface area contributed by atoms with E-state index < -0.39 is 14.0 Å². The predicted octanol–water partition coefficient (Wildman–Crippen LogP) is 3.36. The lowest BCUT2D eigenvalue weighted by atomic mass is 10.3. The molecule has 0 rings (SSSR count). The fourth-order valence-electron chi connectivity index (χ4n) is 2.36. The van der Waals surface area contributed by atoms with Crippen LogP contribution in [0.4, 0.5) is 0 Å². The smallest absolute Gasteiger partial charge is 0.303 e. The van der Waals surface area contributed by atoms with Crippen LogP contribution in [-0.2, 0) is 4.79 Å². The molecule has 2 nitrogen and oxygen atoms in total. The molecule has 1 unspecified atom stereocenters. The van der Waals surface area contributed by atoms with Gasteiger partial charge in [0.15, 0.2) is 0 Å². The van der Waals surface area contributed by atoms with Gasteiger partial charge in [-0.05, 0) is 6.42 Å². The molecular formula is C10H22O2Si. The first-order valence-electron chi connectivity index (χ1n) is 5.30. The van der Waals surface area contributed by atoms with E-state index in [0.717, 1.165) is 24.6 Å². The molecule has 0 spiro atoms. The Hall–Kier alpha value is -0.313. The molecule has 0 heterocycles. The molecule has 1 N–H and O–H groups in total. The number of aliphatic carboxylic acids is 1. The highest BCUT2D eigenvalue weighted by Crippen LogP contribution is 2.35. The van der Waals surface area contributed by atoms with Crippen LogP contribution in [0.3, 0.4) is 0 Å². The Balaban J connectivity index is 4.76. The van der Waals surface area contributed by atoms with Gasteiger partial charge in [0.2, 0.25) is 0 Å². The van der Waals surface area contributed by atoms with E-state index >= 15 is 0 Å². The van der Waals surface area contributed by atoms with Gasteiger partial charge in [-0.15, -0.1) is 0 Å². The summed E-state index contributed by atoms with van der Waals surface area (Å²) in [6.07, 6.45) is 0.803. The first-order valence-corrected chi connectivity index (χ1v) is 8.00. The standard InChI is InChI=1S/C10H22O2Si/c1-5-9(10(11)12)13(6-2,7-3)8-4/h9H,5-8H2,1-4H3,(H,11,12). The topological polar surface area (TPSA) is 37.3 Å². The summed E-state index contributed by atoms with van der Waals surface area (Å²) < 4.78 is 0. The Morgan fingerprint density at radius 3 is 1.62 bits per heavy atom. The SMILES string of the molecule is CCC(C(=O)O)[Si](CC)(CC)CC. The summed E-state index contributed by atoms with van der Waals surface area (Å²) in [5.74, 6) is -0.570. The van der Waals surface area contributed by atoms with E-state index in [0.29, 0.717) is 0 Å². The van der Waals surface area contributed by atoms with Gasteiger partial charge in [0.1, 0.15) is 0 Å². The molecule has 0 bridgehead atoms. The fourth-order valence-corrected chi connectivity index (χ4v) is 6.73. The molecule has 0 fully saturated rings. The third-order valence-electron chi connectivity index (χ3n) is 3.56. The Morgan fingerprint density at radius 2 is 1.54 bits per heavy atom. The third-order valence-corrected chi connectivity index (χ3v) is 9.92. The lowest BCUT2D eigenvalue weighted by molar-refractivity contribution is -0.137. The van der Waals surface area contributed by atoms with Gasteiger partial charge in [-0.1, -0.05) is 45.8 Å². The zero-order chi connectivity index (χ0) is 10.5. The van der Waals surface area contributed by atoms with Crippen LogP contribution < -0.4 is 0 Å². The Kier molecular flexibility index (Phi) is 5.29. The first-order chi connectivity index (χ1) is 6.07. The van der Waals surface area contributed by atoms with Crippen LogP contribution in [0.1, 0.15) is 34.1 Å². The minimum atomic E-state index is -1.51. The minimum absolute atomic E-state index is 0.0347. The maximum atomic E-state index is 11.1. The van der Waals surface area contributed by atoms with Crippen molar-refractivity contribution in [3.05, 3.63) is 0 Å². The maximum absolute atomic E-state index is 11.1. The van der Waals surface area contributed by atoms with Gasteiger partial charge < -0.3 is 5.11 Å². The van der Waals surface area contributed by atoms with Crippen molar-refractivity contribution in [3.63, 3.8) is 0 Å². The molecule has 0 aromatic carbocycles. The second-order valence-electron chi connectivity index (χ2n) is 3.72. The Bertz CT molecular complexity index is 156. The fraction of sp³-hybridized carbons (Fsp3) is 0.900. The van der Waals surface area contributed by atoms with E-state index in [1.165, 1.54) is 0 Å². The molecule has 3 heteroatoms. The predicted molar refractivity (Wildman–Crippen MR) is 58.9 cm³/mol. The van der Waals surface area contributed by atoms with Gasteiger partial charge in [0, 0.05) is 0 Å². The highest BCUT2D eigenvalue weighted by molar-refractivity contribution is 6.83. The lowest BCUT2D eigenvalue weighted by Gasteiger charge is -2.33. The second kappa shape index (κ2) is 5.42. The number of carboxylic acid groups (broad SMARTS) is 1. The van der Waals surface area contributed by atoms with Crippen LogP contribution in [0.25, 0.3) is 0 Å². The van der Waals surface area contributed by atoms with Crippen molar-refractivity contribution in [2.45, 2.75) is 57.8 Å². The van der Waals surface area contributed by atoms with Crippen molar-refractivity contribution in [1.29, 1.82) is 0 Å². The largest absolute Gasteiger partial charge is 0.481 e. The van der Waals surface area contributed by atoms with Crippen LogP contribution in [0.2, 0.25) is 23.7 Å². The molecule has 0 aliphatic carbocycles. The minimum Gasteiger partial charge on any atom is -0.481 e.